The Hall–Kier alpha value is -12.1. The molecule has 586 valence electrons. The maximum absolute atomic E-state index is 13.3. The number of aromatic nitrogens is 14. The molecule has 9 aromatic heterocycles. The number of Topliss-reactive ketones (excluding diaryl/α,β-unsaturated/α-hetero) is 1. The number of amides is 4. The van der Waals surface area contributed by atoms with Crippen molar-refractivity contribution in [3.8, 4) is 0 Å². The van der Waals surface area contributed by atoms with Crippen LogP contribution < -0.4 is 51.7 Å². The van der Waals surface area contributed by atoms with E-state index in [-0.39, 0.29) is 75.7 Å². The van der Waals surface area contributed by atoms with Gasteiger partial charge in [-0.05, 0) is 144 Å². The fraction of sp³-hybridized carbons (Fsp3) is 0.314. The molecule has 0 atom stereocenters. The number of urea groups is 1. The van der Waals surface area contributed by atoms with E-state index in [0.717, 1.165) is 74.7 Å². The Labute approximate surface area is 648 Å². The van der Waals surface area contributed by atoms with Gasteiger partial charge >= 0.3 is 65.8 Å². The molecule has 0 bridgehead atoms. The number of imide groups is 1. The van der Waals surface area contributed by atoms with Gasteiger partial charge in [0.15, 0.2) is 28.9 Å². The van der Waals surface area contributed by atoms with E-state index in [4.69, 9.17) is 21.3 Å². The number of isocyanates is 1. The number of rotatable bonds is 11. The van der Waals surface area contributed by atoms with Crippen molar-refractivity contribution in [2.75, 3.05) is 24.3 Å². The number of aryl methyl sites for hydroxylation is 14. The van der Waals surface area contributed by atoms with Crippen molar-refractivity contribution in [3.63, 3.8) is 0 Å². The van der Waals surface area contributed by atoms with Crippen LogP contribution in [0.25, 0.3) is 44.1 Å². The first-order valence-corrected chi connectivity index (χ1v) is 32.1. The van der Waals surface area contributed by atoms with Crippen LogP contribution in [0.3, 0.4) is 0 Å². The van der Waals surface area contributed by atoms with Crippen LogP contribution in [0.15, 0.2) is 65.7 Å². The number of nitrogen functional groups attached to an aromatic ring is 1. The van der Waals surface area contributed by atoms with E-state index in [1.54, 1.807) is 113 Å². The van der Waals surface area contributed by atoms with Gasteiger partial charge in [-0.15, -0.1) is 0 Å². The maximum Gasteiger partial charge on any atom is 1.00 e. The van der Waals surface area contributed by atoms with E-state index < -0.39 is 64.9 Å². The molecule has 11 rings (SSSR count). The largest absolute Gasteiger partial charge is 1.00 e. The molecule has 0 fully saturated rings. The Morgan fingerprint density at radius 2 is 0.937 bits per heavy atom. The third-order valence-corrected chi connectivity index (χ3v) is 15.3. The molecule has 32 nitrogen and oxygen atoms in total. The molecule has 0 aliphatic carbocycles. The van der Waals surface area contributed by atoms with Crippen LogP contribution in [0.1, 0.15) is 141 Å². The molecule has 0 saturated carbocycles. The molecule has 8 N–H and O–H groups in total. The minimum atomic E-state index is -4.92. The fourth-order valence-electron chi connectivity index (χ4n) is 10.1. The van der Waals surface area contributed by atoms with Crippen LogP contribution >= 0.6 is 0 Å². The number of benzene rings is 2. The van der Waals surface area contributed by atoms with Crippen LogP contribution in [0.2, 0.25) is 0 Å². The molecule has 0 unspecified atom stereocenters. The van der Waals surface area contributed by atoms with Crippen molar-refractivity contribution in [3.05, 3.63) is 162 Å². The Morgan fingerprint density at radius 1 is 0.559 bits per heavy atom. The number of ketones is 1. The Bertz CT molecular complexity index is 5270. The summed E-state index contributed by atoms with van der Waals surface area (Å²) in [6.45, 7) is 21.5. The second-order valence-corrected chi connectivity index (χ2v) is 23.5. The number of alkyl halides is 6. The number of aldehydes is 1. The van der Waals surface area contributed by atoms with E-state index >= 15 is 0 Å². The van der Waals surface area contributed by atoms with Gasteiger partial charge in [0, 0.05) is 62.5 Å². The van der Waals surface area contributed by atoms with Gasteiger partial charge in [-0.1, -0.05) is 0 Å². The summed E-state index contributed by atoms with van der Waals surface area (Å²) in [6.07, 6.45) is -8.03. The molecular formula is C70H76F8N19NaO13. The van der Waals surface area contributed by atoms with Crippen LogP contribution in [0.5, 0.6) is 0 Å². The predicted molar refractivity (Wildman–Crippen MR) is 382 cm³/mol. The molecule has 4 amide bonds. The number of halogens is 8. The minimum Gasteiger partial charge on any atom is -0.870 e. The number of pyridine rings is 4. The zero-order chi connectivity index (χ0) is 82.2. The van der Waals surface area contributed by atoms with Gasteiger partial charge in [-0.2, -0.15) is 56.8 Å². The number of fused-ring (bicyclic) bond motifs is 4. The fourth-order valence-corrected chi connectivity index (χ4v) is 10.1. The number of carboxylic acid groups (broad SMARTS) is 1. The van der Waals surface area contributed by atoms with Gasteiger partial charge in [0.05, 0.1) is 109 Å². The SMILES string of the molecule is CCOC(=O)CC(C)=O.CCOC(=O)c1cc2c(C)nn(C)c2nc1C.Cc1nc2c(cc1C(=O)NC(=O)Nc1ccc(F)c(C(F)(F)F)c1)c(C)nn2C.Cc1nc2c(cc1C(=O)O)c(C)nn2C.Cc1nc2c(cc1C(N)=O)c(C)nn2C.Cc1nn(C)c(N)c1C=O.O=C=Nc1ccc(F)c(C(F)(F)F)c1.[Na+].[OH-]. The zero-order valence-electron chi connectivity index (χ0n) is 63.2. The molecule has 111 heavy (non-hydrogen) atoms. The van der Waals surface area contributed by atoms with Gasteiger partial charge < -0.3 is 36.8 Å². The number of anilines is 2. The van der Waals surface area contributed by atoms with Gasteiger partial charge in [0.2, 0.25) is 6.08 Å². The van der Waals surface area contributed by atoms with Crippen molar-refractivity contribution in [1.82, 2.24) is 74.2 Å². The number of nitrogens with two attached hydrogens (primary N) is 2. The maximum atomic E-state index is 13.3. The van der Waals surface area contributed by atoms with Gasteiger partial charge in [0.1, 0.15) is 29.7 Å². The number of carbonyl (C=O) groups excluding carboxylic acids is 8. The molecule has 0 radical (unpaired) electrons. The molecule has 0 aliphatic heterocycles. The normalized spacial score (nSPS) is 10.6. The Morgan fingerprint density at radius 3 is 1.31 bits per heavy atom. The van der Waals surface area contributed by atoms with E-state index in [9.17, 15) is 78.3 Å². The molecule has 2 aromatic carbocycles. The van der Waals surface area contributed by atoms with Gasteiger partial charge in [0.25, 0.3) is 11.8 Å². The standard InChI is InChI=1S/C18H15F4N5O2.C12H15N3O2.C10H12N4O.C10H11N3O2.C8H3F4NO.C6H9N3O.C6H10O3.Na.H2O/c1-8-12(7-11-9(2)26-27(3)15(11)23-8)16(28)25-17(29)24-10-4-5-14(19)13(6-10)18(20,21)22;1-5-17-12(16)10-6-9-8(3)14-15(4)11(9)13-7(10)2;1-5-7(9(11)15)4-8-6(2)13-14(3)10(8)12-5;1-5-8(10(14)15)4-7-6(2)12-13(3)9(7)11-5;9-7-2-1-5(13-4-14)3-6(7)8(10,11)12;1-4-5(3-10)6(7)9(2)8-4;1-3-9-6(8)4-5(2)7;;/h4-7H,1-3H3,(H2,24,25,28,29);6H,5H2,1-4H3;4H,1-3H3,(H2,11,15);4H,1-3H3,(H,14,15);1-3H;3H,7H2,1-2H3;3-4H2,1-2H3;;1H2/q;;;;;;;+1;/p-1. The molecule has 9 heterocycles. The summed E-state index contributed by atoms with van der Waals surface area (Å²) in [6, 6.07) is 9.61. The van der Waals surface area contributed by atoms with E-state index in [2.05, 4.69) is 60.5 Å². The van der Waals surface area contributed by atoms with Gasteiger partial charge in [-0.25, -0.2) is 47.9 Å². The number of nitrogens with one attached hydrogen (secondary N) is 2. The minimum absolute atomic E-state index is 0. The van der Waals surface area contributed by atoms with Gasteiger partial charge in [-0.3, -0.25) is 52.7 Å². The van der Waals surface area contributed by atoms with Crippen molar-refractivity contribution < 1.29 is 128 Å². The summed E-state index contributed by atoms with van der Waals surface area (Å²) in [5.41, 5.74) is 17.8. The van der Waals surface area contributed by atoms with E-state index in [1.807, 2.05) is 40.2 Å². The molecule has 11 aromatic rings. The summed E-state index contributed by atoms with van der Waals surface area (Å²) in [5.74, 6) is -5.58. The topological polar surface area (TPSA) is 451 Å². The number of aromatic carboxylic acids is 1. The number of aliphatic imine (C=N–C) groups is 1. The van der Waals surface area contributed by atoms with Crippen molar-refractivity contribution >= 4 is 115 Å². The quantitative estimate of drug-likeness (QED) is 0.0157. The van der Waals surface area contributed by atoms with Crippen molar-refractivity contribution in [1.29, 1.82) is 0 Å². The average Bonchev–Trinajstić information content (AvgIpc) is 1.67. The molecule has 0 saturated heterocycles. The summed E-state index contributed by atoms with van der Waals surface area (Å²) < 4.78 is 118. The van der Waals surface area contributed by atoms with Crippen LogP contribution in [-0.2, 0) is 71.4 Å². The molecule has 0 spiro atoms. The third kappa shape index (κ3) is 24.2. The molecular weight excluding hydrogens is 1490 g/mol. The van der Waals surface area contributed by atoms with Crippen LogP contribution in [0, 0.1) is 73.9 Å². The number of carboxylic acids is 1. The number of primary amides is 1. The van der Waals surface area contributed by atoms with Crippen molar-refractivity contribution in [2.24, 2.45) is 46.0 Å². The number of nitrogens with zero attached hydrogens (tertiary/aromatic N) is 15. The Kier molecular flexibility index (Phi) is 33.4. The summed E-state index contributed by atoms with van der Waals surface area (Å²) >= 11 is 0. The third-order valence-electron chi connectivity index (χ3n) is 15.3. The van der Waals surface area contributed by atoms with Crippen LogP contribution in [-0.4, -0.2) is 147 Å². The number of esters is 2. The average molecular weight is 1570 g/mol. The second kappa shape index (κ2) is 39.8. The first-order chi connectivity index (χ1) is 50.8. The first-order valence-electron chi connectivity index (χ1n) is 32.1. The predicted octanol–water partition coefficient (Wildman–Crippen LogP) is 7.72. The summed E-state index contributed by atoms with van der Waals surface area (Å²) in [4.78, 5) is 119. The number of hydrogen-bond donors (Lipinski definition) is 5. The number of hydrogen-bond acceptors (Lipinski definition) is 23. The van der Waals surface area contributed by atoms with E-state index in [0.29, 0.717) is 105 Å². The first kappa shape index (κ1) is 93.1. The zero-order valence-corrected chi connectivity index (χ0v) is 65.2. The number of carbonyl (C=O) groups is 8. The van der Waals surface area contributed by atoms with E-state index in [1.165, 1.54) is 17.7 Å². The number of ether oxygens (including phenoxy) is 2. The van der Waals surface area contributed by atoms with Crippen molar-refractivity contribution in [2.45, 2.75) is 102 Å². The monoisotopic (exact) mass is 1570 g/mol. The molecule has 41 heteroatoms. The summed E-state index contributed by atoms with van der Waals surface area (Å²) in [5, 5.41) is 37.1. The Balaban J connectivity index is 0.000000346. The molecule has 0 aliphatic rings. The smallest absolute Gasteiger partial charge is 0.870 e. The second-order valence-electron chi connectivity index (χ2n) is 23.5. The summed E-state index contributed by atoms with van der Waals surface area (Å²) in [7, 11) is 8.86. The van der Waals surface area contributed by atoms with Crippen LogP contribution in [0.4, 0.5) is 57.1 Å².